The molecule has 0 amide bonds. The monoisotopic (exact) mass is 409 g/mol. The molecule has 2 N–H and O–H groups in total. The van der Waals surface area contributed by atoms with Crippen LogP contribution in [0.25, 0.3) is 10.9 Å². The summed E-state index contributed by atoms with van der Waals surface area (Å²) in [4.78, 5) is 15.5. The van der Waals surface area contributed by atoms with Crippen molar-refractivity contribution in [3.8, 4) is 11.8 Å². The first-order valence-corrected chi connectivity index (χ1v) is 9.92. The molecule has 8 heteroatoms. The van der Waals surface area contributed by atoms with Gasteiger partial charge in [0.1, 0.15) is 23.8 Å². The van der Waals surface area contributed by atoms with Crippen LogP contribution in [0.5, 0.6) is 5.75 Å². The molecule has 0 aliphatic carbocycles. The Balaban J connectivity index is 1.85. The first-order valence-electron chi connectivity index (χ1n) is 9.92. The maximum atomic E-state index is 12.2. The molecular formula is C22H23N3O5. The Morgan fingerprint density at radius 1 is 1.43 bits per heavy atom. The maximum absolute atomic E-state index is 12.2. The fourth-order valence-corrected chi connectivity index (χ4v) is 4.25. The van der Waals surface area contributed by atoms with Crippen LogP contribution in [0.15, 0.2) is 16.7 Å². The van der Waals surface area contributed by atoms with Crippen molar-refractivity contribution in [2.24, 2.45) is 0 Å². The number of carbonyl (C=O) groups is 1. The Hall–Kier alpha value is -3.31. The second kappa shape index (κ2) is 7.50. The number of aromatic nitrogens is 2. The highest BCUT2D eigenvalue weighted by molar-refractivity contribution is 5.96. The second-order valence-electron chi connectivity index (χ2n) is 7.59. The molecule has 0 bridgehead atoms. The molecule has 2 aromatic heterocycles. The van der Waals surface area contributed by atoms with E-state index in [9.17, 15) is 15.2 Å². The summed E-state index contributed by atoms with van der Waals surface area (Å²) in [6, 6.07) is 5.73. The second-order valence-corrected chi connectivity index (χ2v) is 7.59. The number of carboxylic acids is 1. The summed E-state index contributed by atoms with van der Waals surface area (Å²) < 4.78 is 16.8. The minimum absolute atomic E-state index is 0.201. The quantitative estimate of drug-likeness (QED) is 0.633. The van der Waals surface area contributed by atoms with Crippen molar-refractivity contribution in [2.75, 3.05) is 6.61 Å². The number of nitrogens with zero attached hydrogens (tertiary/aromatic N) is 2. The van der Waals surface area contributed by atoms with E-state index in [1.807, 2.05) is 13.8 Å². The highest BCUT2D eigenvalue weighted by Gasteiger charge is 2.47. The first-order chi connectivity index (χ1) is 14.4. The molecule has 3 aromatic rings. The van der Waals surface area contributed by atoms with E-state index < -0.39 is 11.6 Å². The zero-order chi connectivity index (χ0) is 21.5. The van der Waals surface area contributed by atoms with Crippen LogP contribution in [-0.2, 0) is 28.2 Å². The first kappa shape index (κ1) is 20.0. The summed E-state index contributed by atoms with van der Waals surface area (Å²) in [5.41, 5.74) is 2.54. The average Bonchev–Trinajstić information content (AvgIpc) is 3.32. The summed E-state index contributed by atoms with van der Waals surface area (Å²) in [6.45, 7) is 6.11. The number of aromatic amines is 1. The molecule has 1 atom stereocenters. The number of H-pyrrole nitrogens is 1. The lowest BCUT2D eigenvalue weighted by atomic mass is 9.87. The SMILES string of the molecule is CCCC1(C(=O)O)OCCc2c1[nH]c1c(C)c(OCc3cc(C)on3)cc(C#N)c21. The molecular weight excluding hydrogens is 386 g/mol. The number of ether oxygens (including phenoxy) is 2. The molecule has 1 unspecified atom stereocenters. The van der Waals surface area contributed by atoms with Crippen molar-refractivity contribution >= 4 is 16.9 Å². The molecule has 0 fully saturated rings. The number of rotatable bonds is 6. The fourth-order valence-electron chi connectivity index (χ4n) is 4.25. The number of hydrogen-bond donors (Lipinski definition) is 2. The highest BCUT2D eigenvalue weighted by Crippen LogP contribution is 2.43. The number of carboxylic acid groups (broad SMARTS) is 1. The highest BCUT2D eigenvalue weighted by atomic mass is 16.5. The van der Waals surface area contributed by atoms with Gasteiger partial charge in [0, 0.05) is 17.0 Å². The number of aliphatic carboxylic acids is 1. The van der Waals surface area contributed by atoms with Crippen LogP contribution in [0.4, 0.5) is 0 Å². The van der Waals surface area contributed by atoms with Gasteiger partial charge in [-0.25, -0.2) is 4.79 Å². The predicted octanol–water partition coefficient (Wildman–Crippen LogP) is 3.88. The van der Waals surface area contributed by atoms with E-state index in [1.165, 1.54) is 0 Å². The molecule has 0 spiro atoms. The molecule has 1 aromatic carbocycles. The third kappa shape index (κ3) is 3.02. The largest absolute Gasteiger partial charge is 0.487 e. The van der Waals surface area contributed by atoms with Crippen molar-refractivity contribution in [3.63, 3.8) is 0 Å². The normalized spacial score (nSPS) is 18.2. The van der Waals surface area contributed by atoms with Gasteiger partial charge in [0.2, 0.25) is 5.60 Å². The minimum Gasteiger partial charge on any atom is -0.487 e. The number of nitrogens with one attached hydrogen (secondary N) is 1. The molecule has 8 nitrogen and oxygen atoms in total. The van der Waals surface area contributed by atoms with Gasteiger partial charge < -0.3 is 24.1 Å². The summed E-state index contributed by atoms with van der Waals surface area (Å²) >= 11 is 0. The Morgan fingerprint density at radius 2 is 2.23 bits per heavy atom. The zero-order valence-corrected chi connectivity index (χ0v) is 17.2. The van der Waals surface area contributed by atoms with E-state index in [0.29, 0.717) is 59.8 Å². The molecule has 0 saturated heterocycles. The van der Waals surface area contributed by atoms with Crippen molar-refractivity contribution in [1.82, 2.24) is 10.1 Å². The van der Waals surface area contributed by atoms with Gasteiger partial charge in [-0.15, -0.1) is 0 Å². The summed E-state index contributed by atoms with van der Waals surface area (Å²) in [5, 5.41) is 24.5. The van der Waals surface area contributed by atoms with Crippen molar-refractivity contribution in [3.05, 3.63) is 46.0 Å². The lowest BCUT2D eigenvalue weighted by Gasteiger charge is -2.33. The van der Waals surface area contributed by atoms with Crippen molar-refractivity contribution < 1.29 is 23.9 Å². The lowest BCUT2D eigenvalue weighted by Crippen LogP contribution is -2.43. The van der Waals surface area contributed by atoms with Gasteiger partial charge in [-0.05, 0) is 38.3 Å². The van der Waals surface area contributed by atoms with Crippen LogP contribution in [0.3, 0.4) is 0 Å². The number of aryl methyl sites for hydroxylation is 2. The molecule has 1 aliphatic rings. The molecule has 3 heterocycles. The van der Waals surface area contributed by atoms with Crippen molar-refractivity contribution in [1.29, 1.82) is 5.26 Å². The van der Waals surface area contributed by atoms with Gasteiger partial charge in [0.05, 0.1) is 29.5 Å². The van der Waals surface area contributed by atoms with E-state index in [0.717, 1.165) is 16.5 Å². The Morgan fingerprint density at radius 3 is 2.87 bits per heavy atom. The number of fused-ring (bicyclic) bond motifs is 3. The predicted molar refractivity (Wildman–Crippen MR) is 107 cm³/mol. The van der Waals surface area contributed by atoms with Crippen LogP contribution in [0.1, 0.15) is 53.6 Å². The Labute approximate surface area is 173 Å². The van der Waals surface area contributed by atoms with Gasteiger partial charge in [-0.2, -0.15) is 5.26 Å². The molecule has 0 saturated carbocycles. The molecule has 1 aliphatic heterocycles. The van der Waals surface area contributed by atoms with E-state index in [4.69, 9.17) is 14.0 Å². The van der Waals surface area contributed by atoms with Crippen LogP contribution >= 0.6 is 0 Å². The standard InChI is InChI=1S/C22H23N3O5/c1-4-6-22(21(26)27)20-16(5-7-29-22)18-14(10-23)9-17(13(3)19(18)24-20)28-11-15-8-12(2)30-25-15/h8-9,24H,4-7,11H2,1-3H3,(H,26,27). The number of hydrogen-bond acceptors (Lipinski definition) is 6. The van der Waals surface area contributed by atoms with Crippen LogP contribution < -0.4 is 4.74 Å². The van der Waals surface area contributed by atoms with Crippen LogP contribution in [0.2, 0.25) is 0 Å². The Bertz CT molecular complexity index is 1170. The number of nitriles is 1. The van der Waals surface area contributed by atoms with E-state index in [2.05, 4.69) is 16.2 Å². The summed E-state index contributed by atoms with van der Waals surface area (Å²) in [5.74, 6) is 0.206. The fraction of sp³-hybridized carbons (Fsp3) is 0.409. The lowest BCUT2D eigenvalue weighted by molar-refractivity contribution is -0.171. The molecule has 30 heavy (non-hydrogen) atoms. The maximum Gasteiger partial charge on any atom is 0.342 e. The van der Waals surface area contributed by atoms with Crippen LogP contribution in [-0.4, -0.2) is 27.8 Å². The third-order valence-corrected chi connectivity index (χ3v) is 5.62. The average molecular weight is 409 g/mol. The van der Waals surface area contributed by atoms with Gasteiger partial charge >= 0.3 is 5.97 Å². The van der Waals surface area contributed by atoms with E-state index in [1.54, 1.807) is 19.1 Å². The van der Waals surface area contributed by atoms with E-state index >= 15 is 0 Å². The zero-order valence-electron chi connectivity index (χ0n) is 17.2. The smallest absolute Gasteiger partial charge is 0.342 e. The van der Waals surface area contributed by atoms with Gasteiger partial charge in [0.15, 0.2) is 0 Å². The van der Waals surface area contributed by atoms with Gasteiger partial charge in [-0.1, -0.05) is 18.5 Å². The van der Waals surface area contributed by atoms with E-state index in [-0.39, 0.29) is 6.61 Å². The minimum atomic E-state index is -1.43. The summed E-state index contributed by atoms with van der Waals surface area (Å²) in [7, 11) is 0. The van der Waals surface area contributed by atoms with Gasteiger partial charge in [0.25, 0.3) is 0 Å². The van der Waals surface area contributed by atoms with Crippen LogP contribution in [0, 0.1) is 25.2 Å². The van der Waals surface area contributed by atoms with Gasteiger partial charge in [-0.3, -0.25) is 0 Å². The third-order valence-electron chi connectivity index (χ3n) is 5.62. The molecule has 4 rings (SSSR count). The molecule has 0 radical (unpaired) electrons. The van der Waals surface area contributed by atoms with Crippen molar-refractivity contribution in [2.45, 2.75) is 52.2 Å². The molecule has 156 valence electrons. The Kier molecular flexibility index (Phi) is 5.00. The number of benzene rings is 1. The topological polar surface area (TPSA) is 121 Å². The summed E-state index contributed by atoms with van der Waals surface area (Å²) in [6.07, 6.45) is 1.54.